The molecular weight excluding hydrogens is 185 g/mol. The van der Waals surface area contributed by atoms with Crippen molar-refractivity contribution in [1.82, 2.24) is 0 Å². The highest BCUT2D eigenvalue weighted by molar-refractivity contribution is 5.64. The van der Waals surface area contributed by atoms with Crippen molar-refractivity contribution in [3.8, 4) is 0 Å². The first-order chi connectivity index (χ1) is 6.03. The van der Waals surface area contributed by atoms with Crippen LogP contribution in [0.2, 0.25) is 0 Å². The SMILES string of the molecule is O=C/C=C/[C@@H]1O[C@H]1CCC(F)(F)F. The number of carbonyl (C=O) groups excluding carboxylic acids is 1. The molecule has 1 aliphatic heterocycles. The van der Waals surface area contributed by atoms with Crippen LogP contribution in [-0.4, -0.2) is 24.7 Å². The summed E-state index contributed by atoms with van der Waals surface area (Å²) in [6.07, 6.45) is -2.37. The highest BCUT2D eigenvalue weighted by Gasteiger charge is 2.39. The van der Waals surface area contributed by atoms with Crippen LogP contribution in [-0.2, 0) is 9.53 Å². The van der Waals surface area contributed by atoms with Gasteiger partial charge in [-0.15, -0.1) is 0 Å². The van der Waals surface area contributed by atoms with Crippen molar-refractivity contribution in [2.24, 2.45) is 0 Å². The van der Waals surface area contributed by atoms with E-state index in [0.717, 1.165) is 0 Å². The molecule has 0 bridgehead atoms. The molecular formula is C8H9F3O2. The summed E-state index contributed by atoms with van der Waals surface area (Å²) in [5, 5.41) is 0. The molecule has 0 amide bonds. The number of hydrogen-bond donors (Lipinski definition) is 0. The summed E-state index contributed by atoms with van der Waals surface area (Å²) >= 11 is 0. The normalized spacial score (nSPS) is 27.9. The van der Waals surface area contributed by atoms with Gasteiger partial charge in [-0.25, -0.2) is 0 Å². The van der Waals surface area contributed by atoms with Crippen LogP contribution in [0.25, 0.3) is 0 Å². The number of aldehydes is 1. The standard InChI is InChI=1S/C8H9F3O2/c9-8(10,11)4-3-7-6(13-7)2-1-5-12/h1-2,5-7H,3-4H2/b2-1+/t6-,7-/m0/s1. The first kappa shape index (κ1) is 10.2. The molecule has 0 aliphatic carbocycles. The molecule has 0 aromatic heterocycles. The summed E-state index contributed by atoms with van der Waals surface area (Å²) in [4.78, 5) is 9.84. The lowest BCUT2D eigenvalue weighted by Crippen LogP contribution is -2.08. The number of hydrogen-bond acceptors (Lipinski definition) is 2. The maximum absolute atomic E-state index is 11.7. The average Bonchev–Trinajstić information content (AvgIpc) is 2.75. The molecule has 0 unspecified atom stereocenters. The Morgan fingerprint density at radius 1 is 1.38 bits per heavy atom. The molecule has 1 rings (SSSR count). The van der Waals surface area contributed by atoms with Gasteiger partial charge in [-0.05, 0) is 12.5 Å². The van der Waals surface area contributed by atoms with E-state index >= 15 is 0 Å². The molecule has 1 saturated heterocycles. The Hall–Kier alpha value is -0.840. The molecule has 2 atom stereocenters. The van der Waals surface area contributed by atoms with Crippen LogP contribution in [0.3, 0.4) is 0 Å². The molecule has 5 heteroatoms. The Labute approximate surface area is 73.4 Å². The lowest BCUT2D eigenvalue weighted by atomic mass is 10.2. The first-order valence-corrected chi connectivity index (χ1v) is 3.87. The van der Waals surface area contributed by atoms with Gasteiger partial charge in [-0.2, -0.15) is 13.2 Å². The minimum atomic E-state index is -4.12. The minimum Gasteiger partial charge on any atom is -0.365 e. The van der Waals surface area contributed by atoms with Crippen molar-refractivity contribution >= 4 is 6.29 Å². The summed E-state index contributed by atoms with van der Waals surface area (Å²) in [6, 6.07) is 0. The van der Waals surface area contributed by atoms with E-state index in [-0.39, 0.29) is 18.6 Å². The third-order valence-corrected chi connectivity index (χ3v) is 1.71. The van der Waals surface area contributed by atoms with Gasteiger partial charge in [0.2, 0.25) is 0 Å². The molecule has 0 radical (unpaired) electrons. The first-order valence-electron chi connectivity index (χ1n) is 3.87. The molecule has 1 fully saturated rings. The zero-order valence-electron chi connectivity index (χ0n) is 6.75. The van der Waals surface area contributed by atoms with E-state index < -0.39 is 12.6 Å². The molecule has 0 aromatic carbocycles. The van der Waals surface area contributed by atoms with E-state index in [2.05, 4.69) is 0 Å². The fraction of sp³-hybridized carbons (Fsp3) is 0.625. The van der Waals surface area contributed by atoms with Crippen molar-refractivity contribution in [2.45, 2.75) is 31.2 Å². The van der Waals surface area contributed by atoms with Crippen LogP contribution in [0.15, 0.2) is 12.2 Å². The molecule has 2 nitrogen and oxygen atoms in total. The lowest BCUT2D eigenvalue weighted by molar-refractivity contribution is -0.136. The quantitative estimate of drug-likeness (QED) is 0.388. The van der Waals surface area contributed by atoms with Gasteiger partial charge in [0.05, 0.1) is 6.10 Å². The van der Waals surface area contributed by atoms with Crippen LogP contribution in [0.1, 0.15) is 12.8 Å². The number of carbonyl (C=O) groups is 1. The molecule has 0 aromatic rings. The van der Waals surface area contributed by atoms with Crippen molar-refractivity contribution in [2.75, 3.05) is 0 Å². The molecule has 1 heterocycles. The average molecular weight is 194 g/mol. The molecule has 0 N–H and O–H groups in total. The van der Waals surface area contributed by atoms with Crippen LogP contribution in [0.4, 0.5) is 13.2 Å². The second-order valence-corrected chi connectivity index (χ2v) is 2.81. The number of rotatable bonds is 4. The molecule has 1 aliphatic rings. The number of allylic oxidation sites excluding steroid dienone is 1. The molecule has 0 saturated carbocycles. The number of alkyl halides is 3. The summed E-state index contributed by atoms with van der Waals surface area (Å²) < 4.78 is 39.9. The molecule has 13 heavy (non-hydrogen) atoms. The Kier molecular flexibility index (Phi) is 3.08. The number of epoxide rings is 1. The second kappa shape index (κ2) is 3.91. The summed E-state index contributed by atoms with van der Waals surface area (Å²) in [7, 11) is 0. The van der Waals surface area contributed by atoms with Gasteiger partial charge in [-0.1, -0.05) is 6.08 Å². The monoisotopic (exact) mass is 194 g/mol. The lowest BCUT2D eigenvalue weighted by Gasteiger charge is -2.02. The van der Waals surface area contributed by atoms with Gasteiger partial charge in [-0.3, -0.25) is 4.79 Å². The third-order valence-electron chi connectivity index (χ3n) is 1.71. The van der Waals surface area contributed by atoms with Crippen LogP contribution in [0.5, 0.6) is 0 Å². The van der Waals surface area contributed by atoms with Gasteiger partial charge in [0, 0.05) is 6.42 Å². The Morgan fingerprint density at radius 3 is 2.62 bits per heavy atom. The zero-order chi connectivity index (χ0) is 9.90. The molecule has 0 spiro atoms. The van der Waals surface area contributed by atoms with E-state index in [1.165, 1.54) is 12.2 Å². The largest absolute Gasteiger partial charge is 0.389 e. The van der Waals surface area contributed by atoms with Crippen LogP contribution in [0, 0.1) is 0 Å². The van der Waals surface area contributed by atoms with Crippen molar-refractivity contribution < 1.29 is 22.7 Å². The summed E-state index contributed by atoms with van der Waals surface area (Å²) in [6.45, 7) is 0. The second-order valence-electron chi connectivity index (χ2n) is 2.81. The van der Waals surface area contributed by atoms with Gasteiger partial charge in [0.1, 0.15) is 12.4 Å². The van der Waals surface area contributed by atoms with E-state index in [1.54, 1.807) is 0 Å². The van der Waals surface area contributed by atoms with Crippen molar-refractivity contribution in [3.63, 3.8) is 0 Å². The zero-order valence-corrected chi connectivity index (χ0v) is 6.75. The number of ether oxygens (including phenoxy) is 1. The minimum absolute atomic E-state index is 0.0304. The Bertz CT molecular complexity index is 210. The van der Waals surface area contributed by atoms with E-state index in [0.29, 0.717) is 6.29 Å². The van der Waals surface area contributed by atoms with Gasteiger partial charge < -0.3 is 4.74 Å². The fourth-order valence-corrected chi connectivity index (χ4v) is 1.02. The van der Waals surface area contributed by atoms with Crippen molar-refractivity contribution in [1.29, 1.82) is 0 Å². The highest BCUT2D eigenvalue weighted by Crippen LogP contribution is 2.32. The number of halogens is 3. The molecule has 74 valence electrons. The van der Waals surface area contributed by atoms with Gasteiger partial charge in [0.25, 0.3) is 0 Å². The topological polar surface area (TPSA) is 29.6 Å². The summed E-state index contributed by atoms with van der Waals surface area (Å²) in [5.41, 5.74) is 0. The third kappa shape index (κ3) is 4.07. The van der Waals surface area contributed by atoms with E-state index in [1.807, 2.05) is 0 Å². The van der Waals surface area contributed by atoms with Crippen LogP contribution < -0.4 is 0 Å². The fourth-order valence-electron chi connectivity index (χ4n) is 1.02. The van der Waals surface area contributed by atoms with E-state index in [9.17, 15) is 18.0 Å². The van der Waals surface area contributed by atoms with Crippen molar-refractivity contribution in [3.05, 3.63) is 12.2 Å². The van der Waals surface area contributed by atoms with Gasteiger partial charge >= 0.3 is 6.18 Å². The van der Waals surface area contributed by atoms with Crippen LogP contribution >= 0.6 is 0 Å². The highest BCUT2D eigenvalue weighted by atomic mass is 19.4. The predicted molar refractivity (Wildman–Crippen MR) is 39.2 cm³/mol. The smallest absolute Gasteiger partial charge is 0.365 e. The summed E-state index contributed by atoms with van der Waals surface area (Å²) in [5.74, 6) is 0. The Balaban J connectivity index is 2.14. The van der Waals surface area contributed by atoms with Gasteiger partial charge in [0.15, 0.2) is 0 Å². The van der Waals surface area contributed by atoms with E-state index in [4.69, 9.17) is 4.74 Å². The maximum atomic E-state index is 11.7. The maximum Gasteiger partial charge on any atom is 0.389 e. The Morgan fingerprint density at radius 2 is 2.08 bits per heavy atom. The predicted octanol–water partition coefficient (Wildman–Crippen LogP) is 1.85.